The van der Waals surface area contributed by atoms with E-state index in [0.29, 0.717) is 5.56 Å². The number of nitrogens with zero attached hydrogens (tertiary/aromatic N) is 1. The lowest BCUT2D eigenvalue weighted by molar-refractivity contribution is -0.140. The number of rotatable bonds is 2. The van der Waals surface area contributed by atoms with Crippen LogP contribution < -0.4 is 5.32 Å². The number of halogens is 6. The van der Waals surface area contributed by atoms with Crippen LogP contribution >= 0.6 is 24.8 Å². The molecule has 8 heteroatoms. The van der Waals surface area contributed by atoms with Crippen molar-refractivity contribution in [2.45, 2.75) is 19.1 Å². The summed E-state index contributed by atoms with van der Waals surface area (Å²) in [5.74, 6) is -1.20. The molecule has 1 aromatic carbocycles. The predicted octanol–water partition coefficient (Wildman–Crippen LogP) is 3.65. The van der Waals surface area contributed by atoms with Gasteiger partial charge in [0.25, 0.3) is 0 Å². The first-order valence-corrected chi connectivity index (χ1v) is 6.21. The molecule has 1 saturated heterocycles. The van der Waals surface area contributed by atoms with Crippen LogP contribution in [0.15, 0.2) is 18.2 Å². The Labute approximate surface area is 133 Å². The second-order valence-corrected chi connectivity index (χ2v) is 4.70. The fourth-order valence-electron chi connectivity index (χ4n) is 2.30. The number of benzene rings is 1. The van der Waals surface area contributed by atoms with Crippen LogP contribution in [-0.4, -0.2) is 31.1 Å². The van der Waals surface area contributed by atoms with Gasteiger partial charge < -0.3 is 5.32 Å². The van der Waals surface area contributed by atoms with Gasteiger partial charge in [-0.25, -0.2) is 4.39 Å². The van der Waals surface area contributed by atoms with Crippen molar-refractivity contribution in [1.29, 1.82) is 0 Å². The summed E-state index contributed by atoms with van der Waals surface area (Å²) < 4.78 is 51.0. The fourth-order valence-corrected chi connectivity index (χ4v) is 2.30. The van der Waals surface area contributed by atoms with Crippen LogP contribution in [0.25, 0.3) is 0 Å². The Bertz CT molecular complexity index is 448. The molecule has 1 fully saturated rings. The fraction of sp³-hybridized carbons (Fsp3) is 0.538. The molecule has 2 rings (SSSR count). The van der Waals surface area contributed by atoms with Gasteiger partial charge in [-0.05, 0) is 24.6 Å². The largest absolute Gasteiger partial charge is 0.419 e. The van der Waals surface area contributed by atoms with Crippen LogP contribution in [0.4, 0.5) is 17.6 Å². The van der Waals surface area contributed by atoms with Gasteiger partial charge in [-0.3, -0.25) is 4.90 Å². The summed E-state index contributed by atoms with van der Waals surface area (Å²) in [6.07, 6.45) is -4.64. The molecule has 2 nitrogen and oxygen atoms in total. The molecule has 1 N–H and O–H groups in total. The smallest absolute Gasteiger partial charge is 0.314 e. The lowest BCUT2D eigenvalue weighted by Gasteiger charge is -2.33. The summed E-state index contributed by atoms with van der Waals surface area (Å²) in [6.45, 7) is 5.18. The Morgan fingerprint density at radius 1 is 1.14 bits per heavy atom. The van der Waals surface area contributed by atoms with Crippen molar-refractivity contribution in [2.24, 2.45) is 0 Å². The molecule has 0 aromatic heterocycles. The van der Waals surface area contributed by atoms with Crippen molar-refractivity contribution < 1.29 is 17.6 Å². The summed E-state index contributed by atoms with van der Waals surface area (Å²) >= 11 is 0. The van der Waals surface area contributed by atoms with Gasteiger partial charge in [0, 0.05) is 32.2 Å². The molecule has 1 heterocycles. The molecular formula is C13H18Cl2F4N2. The normalized spacial score (nSPS) is 17.6. The minimum absolute atomic E-state index is 0. The molecular weight excluding hydrogens is 331 g/mol. The molecule has 1 atom stereocenters. The van der Waals surface area contributed by atoms with Crippen molar-refractivity contribution in [2.75, 3.05) is 26.2 Å². The lowest BCUT2D eigenvalue weighted by atomic mass is 10.0. The summed E-state index contributed by atoms with van der Waals surface area (Å²) in [7, 11) is 0. The molecule has 0 aliphatic carbocycles. The third kappa shape index (κ3) is 4.98. The zero-order valence-corrected chi connectivity index (χ0v) is 13.0. The number of nitrogens with one attached hydrogen (secondary N) is 1. The lowest BCUT2D eigenvalue weighted by Crippen LogP contribution is -2.44. The molecule has 0 bridgehead atoms. The van der Waals surface area contributed by atoms with Gasteiger partial charge in [-0.2, -0.15) is 13.2 Å². The molecule has 122 valence electrons. The van der Waals surface area contributed by atoms with Gasteiger partial charge in [-0.15, -0.1) is 24.8 Å². The van der Waals surface area contributed by atoms with E-state index in [1.165, 1.54) is 6.07 Å². The summed E-state index contributed by atoms with van der Waals surface area (Å²) in [5.41, 5.74) is -0.629. The molecule has 1 aromatic rings. The van der Waals surface area contributed by atoms with E-state index < -0.39 is 17.6 Å². The first-order chi connectivity index (χ1) is 8.89. The average molecular weight is 349 g/mol. The van der Waals surface area contributed by atoms with Gasteiger partial charge in [0.15, 0.2) is 0 Å². The third-order valence-corrected chi connectivity index (χ3v) is 3.48. The van der Waals surface area contributed by atoms with E-state index in [9.17, 15) is 17.6 Å². The van der Waals surface area contributed by atoms with E-state index in [-0.39, 0.29) is 30.9 Å². The van der Waals surface area contributed by atoms with Gasteiger partial charge in [0.1, 0.15) is 5.82 Å². The van der Waals surface area contributed by atoms with E-state index in [0.717, 1.165) is 38.3 Å². The molecule has 0 unspecified atom stereocenters. The zero-order chi connectivity index (χ0) is 14.0. The molecule has 21 heavy (non-hydrogen) atoms. The first-order valence-electron chi connectivity index (χ1n) is 6.21. The number of piperazine rings is 1. The maximum Gasteiger partial charge on any atom is 0.419 e. The molecule has 0 spiro atoms. The standard InChI is InChI=1S/C13H16F4N2.2ClH/c1-9(19-6-4-18-5-7-19)10-2-3-11(12(14)8-10)13(15,16)17;;/h2-3,8-9,18H,4-7H2,1H3;2*1H/t9-;;/m0../s1. The Kier molecular flexibility index (Phi) is 7.95. The minimum Gasteiger partial charge on any atom is -0.314 e. The summed E-state index contributed by atoms with van der Waals surface area (Å²) in [5, 5.41) is 3.20. The van der Waals surface area contributed by atoms with Crippen molar-refractivity contribution in [3.63, 3.8) is 0 Å². The van der Waals surface area contributed by atoms with E-state index in [4.69, 9.17) is 0 Å². The van der Waals surface area contributed by atoms with Gasteiger partial charge in [0.2, 0.25) is 0 Å². The second kappa shape index (κ2) is 8.17. The van der Waals surface area contributed by atoms with Crippen LogP contribution in [0.1, 0.15) is 24.1 Å². The van der Waals surface area contributed by atoms with Crippen LogP contribution in [0, 0.1) is 5.82 Å². The Morgan fingerprint density at radius 2 is 1.71 bits per heavy atom. The van der Waals surface area contributed by atoms with E-state index in [1.807, 2.05) is 6.92 Å². The van der Waals surface area contributed by atoms with Crippen molar-refractivity contribution in [3.05, 3.63) is 35.1 Å². The SMILES string of the molecule is C[C@@H](c1ccc(C(F)(F)F)c(F)c1)N1CCNCC1.Cl.Cl. The zero-order valence-electron chi connectivity index (χ0n) is 11.4. The van der Waals surface area contributed by atoms with Gasteiger partial charge in [-0.1, -0.05) is 6.07 Å². The average Bonchev–Trinajstić information content (AvgIpc) is 2.37. The first kappa shape index (κ1) is 20.4. The van der Waals surface area contributed by atoms with Crippen molar-refractivity contribution in [3.8, 4) is 0 Å². The minimum atomic E-state index is -4.64. The van der Waals surface area contributed by atoms with Gasteiger partial charge >= 0.3 is 6.18 Å². The Morgan fingerprint density at radius 3 is 2.19 bits per heavy atom. The Hall–Kier alpha value is -0.560. The third-order valence-electron chi connectivity index (χ3n) is 3.48. The van der Waals surface area contributed by atoms with Crippen molar-refractivity contribution >= 4 is 24.8 Å². The Balaban J connectivity index is 0.00000200. The highest BCUT2D eigenvalue weighted by Crippen LogP contribution is 2.33. The highest BCUT2D eigenvalue weighted by molar-refractivity contribution is 5.85. The molecule has 1 aliphatic heterocycles. The highest BCUT2D eigenvalue weighted by Gasteiger charge is 2.34. The summed E-state index contributed by atoms with van der Waals surface area (Å²) in [4.78, 5) is 2.12. The predicted molar refractivity (Wildman–Crippen MR) is 78.8 cm³/mol. The monoisotopic (exact) mass is 348 g/mol. The van der Waals surface area contributed by atoms with Crippen LogP contribution in [0.2, 0.25) is 0 Å². The maximum atomic E-state index is 13.5. The quantitative estimate of drug-likeness (QED) is 0.820. The molecule has 1 aliphatic rings. The number of hydrogen-bond donors (Lipinski definition) is 1. The number of alkyl halides is 3. The second-order valence-electron chi connectivity index (χ2n) is 4.70. The topological polar surface area (TPSA) is 15.3 Å². The van der Waals surface area contributed by atoms with Crippen LogP contribution in [-0.2, 0) is 6.18 Å². The summed E-state index contributed by atoms with van der Waals surface area (Å²) in [6, 6.07) is 3.09. The van der Waals surface area contributed by atoms with Crippen molar-refractivity contribution in [1.82, 2.24) is 10.2 Å². The van der Waals surface area contributed by atoms with Gasteiger partial charge in [0.05, 0.1) is 5.56 Å². The highest BCUT2D eigenvalue weighted by atomic mass is 35.5. The van der Waals surface area contributed by atoms with E-state index >= 15 is 0 Å². The van der Waals surface area contributed by atoms with E-state index in [1.54, 1.807) is 0 Å². The van der Waals surface area contributed by atoms with Crippen LogP contribution in [0.3, 0.4) is 0 Å². The molecule has 0 amide bonds. The molecule has 0 saturated carbocycles. The maximum absolute atomic E-state index is 13.5. The number of hydrogen-bond acceptors (Lipinski definition) is 2. The molecule has 0 radical (unpaired) electrons. The van der Waals surface area contributed by atoms with E-state index in [2.05, 4.69) is 10.2 Å². The van der Waals surface area contributed by atoms with Crippen LogP contribution in [0.5, 0.6) is 0 Å².